The van der Waals surface area contributed by atoms with Gasteiger partial charge in [-0.25, -0.2) is 4.39 Å². The van der Waals surface area contributed by atoms with Crippen molar-refractivity contribution in [3.05, 3.63) is 63.9 Å². The molecule has 27 heavy (non-hydrogen) atoms. The second kappa shape index (κ2) is 7.60. The van der Waals surface area contributed by atoms with Crippen molar-refractivity contribution in [3.63, 3.8) is 0 Å². The van der Waals surface area contributed by atoms with Crippen LogP contribution >= 0.6 is 15.9 Å². The SMILES string of the molecule is O=C(NC1CCOc2ccc(Br)cc21)C1(c2cccc(F)c2)CCOCC1. The van der Waals surface area contributed by atoms with E-state index < -0.39 is 5.41 Å². The minimum Gasteiger partial charge on any atom is -0.493 e. The zero-order chi connectivity index (χ0) is 18.9. The molecule has 2 aromatic rings. The number of halogens is 2. The van der Waals surface area contributed by atoms with Crippen molar-refractivity contribution in [1.82, 2.24) is 5.32 Å². The molecular formula is C21H21BrFNO3. The zero-order valence-corrected chi connectivity index (χ0v) is 16.4. The molecule has 1 N–H and O–H groups in total. The van der Waals surface area contributed by atoms with Crippen LogP contribution in [0.1, 0.15) is 36.4 Å². The largest absolute Gasteiger partial charge is 0.493 e. The van der Waals surface area contributed by atoms with Gasteiger partial charge in [-0.1, -0.05) is 28.1 Å². The molecule has 2 aliphatic heterocycles. The fraction of sp³-hybridized carbons (Fsp3) is 0.381. The molecule has 2 heterocycles. The molecule has 0 saturated carbocycles. The van der Waals surface area contributed by atoms with Crippen LogP contribution in [-0.2, 0) is 14.9 Å². The molecule has 2 aromatic carbocycles. The van der Waals surface area contributed by atoms with Crippen LogP contribution in [0.4, 0.5) is 4.39 Å². The van der Waals surface area contributed by atoms with Crippen LogP contribution in [0.25, 0.3) is 0 Å². The van der Waals surface area contributed by atoms with Gasteiger partial charge in [0, 0.05) is 29.7 Å². The lowest BCUT2D eigenvalue weighted by Gasteiger charge is -2.38. The maximum absolute atomic E-state index is 13.9. The van der Waals surface area contributed by atoms with Crippen LogP contribution in [-0.4, -0.2) is 25.7 Å². The van der Waals surface area contributed by atoms with Crippen LogP contribution in [0.5, 0.6) is 5.75 Å². The van der Waals surface area contributed by atoms with Gasteiger partial charge in [-0.15, -0.1) is 0 Å². The van der Waals surface area contributed by atoms with Crippen LogP contribution in [0.15, 0.2) is 46.9 Å². The topological polar surface area (TPSA) is 47.6 Å². The smallest absolute Gasteiger partial charge is 0.231 e. The van der Waals surface area contributed by atoms with Crippen molar-refractivity contribution in [2.45, 2.75) is 30.7 Å². The molecule has 2 aliphatic rings. The Balaban J connectivity index is 1.65. The molecule has 1 unspecified atom stereocenters. The van der Waals surface area contributed by atoms with Crippen molar-refractivity contribution in [2.24, 2.45) is 0 Å². The van der Waals surface area contributed by atoms with Gasteiger partial charge in [0.15, 0.2) is 0 Å². The first kappa shape index (κ1) is 18.4. The molecule has 0 aromatic heterocycles. The molecular weight excluding hydrogens is 413 g/mol. The van der Waals surface area contributed by atoms with E-state index >= 15 is 0 Å². The fourth-order valence-corrected chi connectivity index (χ4v) is 4.34. The van der Waals surface area contributed by atoms with Gasteiger partial charge in [0.1, 0.15) is 11.6 Å². The summed E-state index contributed by atoms with van der Waals surface area (Å²) in [5, 5.41) is 3.21. The number of benzene rings is 2. The van der Waals surface area contributed by atoms with Crippen LogP contribution in [0.2, 0.25) is 0 Å². The first-order valence-corrected chi connectivity index (χ1v) is 9.95. The van der Waals surface area contributed by atoms with Gasteiger partial charge >= 0.3 is 0 Å². The second-order valence-corrected chi connectivity index (χ2v) is 7.97. The van der Waals surface area contributed by atoms with Gasteiger partial charge in [0.25, 0.3) is 0 Å². The third kappa shape index (κ3) is 3.60. The Kier molecular flexibility index (Phi) is 5.19. The minimum atomic E-state index is -0.773. The lowest BCUT2D eigenvalue weighted by Crippen LogP contribution is -2.49. The summed E-state index contributed by atoms with van der Waals surface area (Å²) in [6, 6.07) is 12.1. The maximum Gasteiger partial charge on any atom is 0.231 e. The molecule has 142 valence electrons. The summed E-state index contributed by atoms with van der Waals surface area (Å²) in [4.78, 5) is 13.5. The number of hydrogen-bond acceptors (Lipinski definition) is 3. The lowest BCUT2D eigenvalue weighted by atomic mass is 9.73. The number of nitrogens with one attached hydrogen (secondary N) is 1. The average Bonchev–Trinajstić information content (AvgIpc) is 2.69. The van der Waals surface area contributed by atoms with Gasteiger partial charge in [0.05, 0.1) is 18.1 Å². The second-order valence-electron chi connectivity index (χ2n) is 7.05. The number of hydrogen-bond donors (Lipinski definition) is 1. The number of carbonyl (C=O) groups excluding carboxylic acids is 1. The monoisotopic (exact) mass is 433 g/mol. The van der Waals surface area contributed by atoms with E-state index in [1.54, 1.807) is 6.07 Å². The average molecular weight is 434 g/mol. The highest BCUT2D eigenvalue weighted by molar-refractivity contribution is 9.10. The number of carbonyl (C=O) groups is 1. The minimum absolute atomic E-state index is 0.0748. The zero-order valence-electron chi connectivity index (χ0n) is 14.8. The maximum atomic E-state index is 13.9. The summed E-state index contributed by atoms with van der Waals surface area (Å²) >= 11 is 3.49. The Hall–Kier alpha value is -1.92. The highest BCUT2D eigenvalue weighted by atomic mass is 79.9. The van der Waals surface area contributed by atoms with Crippen molar-refractivity contribution in [2.75, 3.05) is 19.8 Å². The number of ether oxygens (including phenoxy) is 2. The van der Waals surface area contributed by atoms with E-state index in [1.165, 1.54) is 12.1 Å². The van der Waals surface area contributed by atoms with E-state index in [1.807, 2.05) is 24.3 Å². The number of fused-ring (bicyclic) bond motifs is 1. The van der Waals surface area contributed by atoms with Crippen molar-refractivity contribution >= 4 is 21.8 Å². The van der Waals surface area contributed by atoms with Crippen LogP contribution in [0, 0.1) is 5.82 Å². The quantitative estimate of drug-likeness (QED) is 0.785. The lowest BCUT2D eigenvalue weighted by molar-refractivity contribution is -0.131. The highest BCUT2D eigenvalue weighted by Gasteiger charge is 2.43. The normalized spacial score (nSPS) is 21.0. The van der Waals surface area contributed by atoms with Crippen LogP contribution < -0.4 is 10.1 Å². The van der Waals surface area contributed by atoms with E-state index in [0.29, 0.717) is 44.6 Å². The summed E-state index contributed by atoms with van der Waals surface area (Å²) < 4.78 is 26.0. The standard InChI is InChI=1S/C21H21BrFNO3/c22-15-4-5-19-17(13-15)18(6-9-27-19)24-20(25)21(7-10-26-11-8-21)14-2-1-3-16(23)12-14/h1-5,12-13,18H,6-11H2,(H,24,25). The van der Waals surface area contributed by atoms with Gasteiger partial charge < -0.3 is 14.8 Å². The van der Waals surface area contributed by atoms with Crippen molar-refractivity contribution in [3.8, 4) is 5.75 Å². The molecule has 0 spiro atoms. The molecule has 1 amide bonds. The van der Waals surface area contributed by atoms with Crippen molar-refractivity contribution in [1.29, 1.82) is 0 Å². The van der Waals surface area contributed by atoms with E-state index in [9.17, 15) is 9.18 Å². The number of amides is 1. The summed E-state index contributed by atoms with van der Waals surface area (Å²) in [5.41, 5.74) is 0.903. The molecule has 0 radical (unpaired) electrons. The molecule has 0 bridgehead atoms. The Labute approximate surface area is 166 Å². The molecule has 1 atom stereocenters. The summed E-state index contributed by atoms with van der Waals surface area (Å²) in [6.45, 7) is 1.52. The van der Waals surface area contributed by atoms with E-state index in [0.717, 1.165) is 15.8 Å². The Morgan fingerprint density at radius 1 is 1.15 bits per heavy atom. The van der Waals surface area contributed by atoms with Crippen molar-refractivity contribution < 1.29 is 18.7 Å². The van der Waals surface area contributed by atoms with Gasteiger partial charge in [-0.05, 0) is 48.7 Å². The fourth-order valence-electron chi connectivity index (χ4n) is 3.96. The Morgan fingerprint density at radius 2 is 1.96 bits per heavy atom. The Morgan fingerprint density at radius 3 is 2.74 bits per heavy atom. The summed E-state index contributed by atoms with van der Waals surface area (Å²) in [6.07, 6.45) is 1.78. The molecule has 1 saturated heterocycles. The summed E-state index contributed by atoms with van der Waals surface area (Å²) in [7, 11) is 0. The first-order valence-electron chi connectivity index (χ1n) is 9.15. The highest BCUT2D eigenvalue weighted by Crippen LogP contribution is 2.38. The number of rotatable bonds is 3. The van der Waals surface area contributed by atoms with Gasteiger partial charge in [-0.3, -0.25) is 4.79 Å². The van der Waals surface area contributed by atoms with E-state index in [-0.39, 0.29) is 17.8 Å². The predicted octanol–water partition coefficient (Wildman–Crippen LogP) is 4.28. The van der Waals surface area contributed by atoms with Gasteiger partial charge in [0.2, 0.25) is 5.91 Å². The van der Waals surface area contributed by atoms with Gasteiger partial charge in [-0.2, -0.15) is 0 Å². The van der Waals surface area contributed by atoms with Crippen LogP contribution in [0.3, 0.4) is 0 Å². The first-order chi connectivity index (χ1) is 13.1. The van der Waals surface area contributed by atoms with E-state index in [2.05, 4.69) is 21.2 Å². The molecule has 1 fully saturated rings. The molecule has 0 aliphatic carbocycles. The predicted molar refractivity (Wildman–Crippen MR) is 103 cm³/mol. The third-order valence-corrected chi connectivity index (χ3v) is 5.97. The van der Waals surface area contributed by atoms with E-state index in [4.69, 9.17) is 9.47 Å². The summed E-state index contributed by atoms with van der Waals surface area (Å²) in [5.74, 6) is 0.391. The molecule has 4 rings (SSSR count). The Bertz CT molecular complexity index is 851. The molecule has 4 nitrogen and oxygen atoms in total. The molecule has 6 heteroatoms. The third-order valence-electron chi connectivity index (χ3n) is 5.47.